The van der Waals surface area contributed by atoms with Crippen molar-refractivity contribution >= 4 is 11.8 Å². The highest BCUT2D eigenvalue weighted by Gasteiger charge is 2.42. The van der Waals surface area contributed by atoms with Crippen LogP contribution in [0.4, 0.5) is 13.2 Å². The van der Waals surface area contributed by atoms with Gasteiger partial charge in [0.2, 0.25) is 5.91 Å². The van der Waals surface area contributed by atoms with Gasteiger partial charge in [0.1, 0.15) is 0 Å². The number of alkyl halides is 3. The van der Waals surface area contributed by atoms with Crippen molar-refractivity contribution in [2.45, 2.75) is 62.6 Å². The smallest absolute Gasteiger partial charge is 0.385 e. The van der Waals surface area contributed by atoms with Crippen molar-refractivity contribution < 1.29 is 32.6 Å². The third kappa shape index (κ3) is 6.73. The maximum atomic E-state index is 12.9. The summed E-state index contributed by atoms with van der Waals surface area (Å²) in [6.07, 6.45) is -1.85. The van der Waals surface area contributed by atoms with Crippen molar-refractivity contribution in [3.05, 3.63) is 71.3 Å². The van der Waals surface area contributed by atoms with Gasteiger partial charge in [-0.05, 0) is 56.4 Å². The van der Waals surface area contributed by atoms with Crippen LogP contribution in [0.15, 0.2) is 54.6 Å². The second-order valence-corrected chi connectivity index (χ2v) is 10.0. The summed E-state index contributed by atoms with van der Waals surface area (Å²) < 4.78 is 44.7. The molecule has 7 nitrogen and oxygen atoms in total. The molecule has 2 aromatic rings. The Balaban J connectivity index is 1.30. The predicted octanol–water partition coefficient (Wildman–Crippen LogP) is 3.47. The minimum atomic E-state index is -4.56. The Hall–Kier alpha value is -2.95. The summed E-state index contributed by atoms with van der Waals surface area (Å²) in [6, 6.07) is 13.7. The fraction of sp³-hybridized carbons (Fsp3) is 0.500. The number of ether oxygens (including phenoxy) is 1. The van der Waals surface area contributed by atoms with Gasteiger partial charge >= 0.3 is 6.18 Å². The van der Waals surface area contributed by atoms with Crippen LogP contribution in [0.25, 0.3) is 0 Å². The van der Waals surface area contributed by atoms with E-state index in [0.717, 1.165) is 36.6 Å². The monoisotopic (exact) mass is 533 g/mol. The van der Waals surface area contributed by atoms with Gasteiger partial charge in [0.15, 0.2) is 0 Å². The van der Waals surface area contributed by atoms with Crippen molar-refractivity contribution in [3.63, 3.8) is 0 Å². The number of nitrogens with zero attached hydrogens (tertiary/aromatic N) is 1. The quantitative estimate of drug-likeness (QED) is 0.484. The molecule has 38 heavy (non-hydrogen) atoms. The summed E-state index contributed by atoms with van der Waals surface area (Å²) in [5, 5.41) is 16.5. The van der Waals surface area contributed by atoms with Gasteiger partial charge in [0.05, 0.1) is 29.9 Å². The van der Waals surface area contributed by atoms with Crippen molar-refractivity contribution in [2.24, 2.45) is 0 Å². The zero-order valence-electron chi connectivity index (χ0n) is 21.3. The highest BCUT2D eigenvalue weighted by Crippen LogP contribution is 2.39. The molecule has 0 aromatic heterocycles. The Morgan fingerprint density at radius 2 is 1.79 bits per heavy atom. The summed E-state index contributed by atoms with van der Waals surface area (Å²) in [4.78, 5) is 27.2. The lowest BCUT2D eigenvalue weighted by atomic mass is 9.77. The fourth-order valence-electron chi connectivity index (χ4n) is 5.46. The van der Waals surface area contributed by atoms with Crippen LogP contribution in [-0.4, -0.2) is 66.2 Å². The lowest BCUT2D eigenvalue weighted by Gasteiger charge is -2.40. The van der Waals surface area contributed by atoms with Gasteiger partial charge in [-0.2, -0.15) is 13.2 Å². The summed E-state index contributed by atoms with van der Waals surface area (Å²) in [7, 11) is 0. The Morgan fingerprint density at radius 1 is 1.08 bits per heavy atom. The molecular formula is C28H34F3N3O4. The van der Waals surface area contributed by atoms with E-state index in [1.807, 2.05) is 37.3 Å². The maximum absolute atomic E-state index is 12.9. The van der Waals surface area contributed by atoms with Gasteiger partial charge in [0.25, 0.3) is 5.91 Å². The Morgan fingerprint density at radius 3 is 2.45 bits per heavy atom. The van der Waals surface area contributed by atoms with E-state index in [4.69, 9.17) is 4.74 Å². The minimum absolute atomic E-state index is 0.167. The number of likely N-dealkylation sites (tertiary alicyclic amines) is 1. The van der Waals surface area contributed by atoms with Crippen LogP contribution in [0, 0.1) is 0 Å². The van der Waals surface area contributed by atoms with Gasteiger partial charge in [-0.1, -0.05) is 36.4 Å². The molecule has 2 fully saturated rings. The average Bonchev–Trinajstić information content (AvgIpc) is 3.30. The number of amides is 2. The molecule has 1 saturated heterocycles. The topological polar surface area (TPSA) is 90.9 Å². The SMILES string of the molecule is CCO[C@H]1CN(C2CCC(O)(c3ccccc3)CC2)C[C@@H]1NC(=O)CNC(=O)c1cccc(C(F)(F)F)c1. The van der Waals surface area contributed by atoms with Crippen LogP contribution in [0.2, 0.25) is 0 Å². The number of halogens is 3. The van der Waals surface area contributed by atoms with Crippen molar-refractivity contribution in [3.8, 4) is 0 Å². The molecule has 2 aliphatic rings. The summed E-state index contributed by atoms with van der Waals surface area (Å²) in [5.41, 5.74) is -0.989. The first-order chi connectivity index (χ1) is 18.1. The molecule has 10 heteroatoms. The molecular weight excluding hydrogens is 499 g/mol. The number of carbonyl (C=O) groups is 2. The molecule has 2 atom stereocenters. The zero-order chi connectivity index (χ0) is 27.3. The van der Waals surface area contributed by atoms with Crippen LogP contribution in [0.5, 0.6) is 0 Å². The zero-order valence-corrected chi connectivity index (χ0v) is 21.3. The standard InChI is InChI=1S/C28H34F3N3O4/c1-2-38-24-18-34(22-11-13-27(37,14-12-22)20-8-4-3-5-9-20)17-23(24)33-25(35)16-32-26(36)19-7-6-10-21(15-19)28(29,30)31/h3-10,15,22-24,37H,2,11-14,16-18H2,1H3,(H,32,36)(H,33,35)/t22?,23-,24-,27?/m0/s1. The molecule has 1 saturated carbocycles. The molecule has 1 aliphatic carbocycles. The van der Waals surface area contributed by atoms with Crippen molar-refractivity contribution in [2.75, 3.05) is 26.2 Å². The van der Waals surface area contributed by atoms with E-state index in [9.17, 15) is 27.9 Å². The molecule has 1 aliphatic heterocycles. The summed E-state index contributed by atoms with van der Waals surface area (Å²) >= 11 is 0. The Kier molecular flexibility index (Phi) is 8.74. The number of hydrogen-bond acceptors (Lipinski definition) is 5. The van der Waals surface area contributed by atoms with Crippen LogP contribution < -0.4 is 10.6 Å². The van der Waals surface area contributed by atoms with Crippen LogP contribution in [-0.2, 0) is 21.3 Å². The molecule has 4 rings (SSSR count). The first kappa shape index (κ1) is 28.1. The maximum Gasteiger partial charge on any atom is 0.416 e. The minimum Gasteiger partial charge on any atom is -0.385 e. The van der Waals surface area contributed by atoms with E-state index in [-0.39, 0.29) is 30.3 Å². The summed E-state index contributed by atoms with van der Waals surface area (Å²) in [5.74, 6) is -1.20. The highest BCUT2D eigenvalue weighted by atomic mass is 19.4. The molecule has 0 unspecified atom stereocenters. The first-order valence-corrected chi connectivity index (χ1v) is 13.0. The van der Waals surface area contributed by atoms with Crippen LogP contribution in [0.3, 0.4) is 0 Å². The van der Waals surface area contributed by atoms with Gasteiger partial charge in [-0.3, -0.25) is 14.5 Å². The number of aliphatic hydroxyl groups is 1. The number of benzene rings is 2. The molecule has 1 heterocycles. The van der Waals surface area contributed by atoms with Gasteiger partial charge in [-0.15, -0.1) is 0 Å². The normalized spacial score (nSPS) is 26.2. The van der Waals surface area contributed by atoms with E-state index in [0.29, 0.717) is 32.5 Å². The van der Waals surface area contributed by atoms with E-state index < -0.39 is 29.2 Å². The lowest BCUT2D eigenvalue weighted by Crippen LogP contribution is -2.48. The highest BCUT2D eigenvalue weighted by molar-refractivity contribution is 5.96. The van der Waals surface area contributed by atoms with E-state index in [2.05, 4.69) is 15.5 Å². The first-order valence-electron chi connectivity index (χ1n) is 13.0. The summed E-state index contributed by atoms with van der Waals surface area (Å²) in [6.45, 7) is 3.22. The average molecular weight is 534 g/mol. The van der Waals surface area contributed by atoms with Crippen molar-refractivity contribution in [1.82, 2.24) is 15.5 Å². The van der Waals surface area contributed by atoms with E-state index >= 15 is 0 Å². The third-order valence-corrected chi connectivity index (χ3v) is 7.49. The van der Waals surface area contributed by atoms with Gasteiger partial charge in [0, 0.05) is 31.3 Å². The molecule has 3 N–H and O–H groups in total. The number of hydrogen-bond donors (Lipinski definition) is 3. The number of carbonyl (C=O) groups excluding carboxylic acids is 2. The van der Waals surface area contributed by atoms with Crippen LogP contribution >= 0.6 is 0 Å². The molecule has 2 aromatic carbocycles. The fourth-order valence-corrected chi connectivity index (χ4v) is 5.46. The Labute approximate surface area is 220 Å². The second kappa shape index (κ2) is 11.8. The molecule has 2 amide bonds. The molecule has 206 valence electrons. The number of rotatable bonds is 8. The molecule has 0 radical (unpaired) electrons. The Bertz CT molecular complexity index is 1100. The molecule has 0 bridgehead atoms. The van der Waals surface area contributed by atoms with E-state index in [1.54, 1.807) is 0 Å². The number of nitrogens with one attached hydrogen (secondary N) is 2. The predicted molar refractivity (Wildman–Crippen MR) is 135 cm³/mol. The van der Waals surface area contributed by atoms with Gasteiger partial charge < -0.3 is 20.5 Å². The van der Waals surface area contributed by atoms with Crippen molar-refractivity contribution in [1.29, 1.82) is 0 Å². The van der Waals surface area contributed by atoms with Crippen LogP contribution in [0.1, 0.15) is 54.1 Å². The van der Waals surface area contributed by atoms with E-state index in [1.165, 1.54) is 6.07 Å². The lowest BCUT2D eigenvalue weighted by molar-refractivity contribution is -0.137. The van der Waals surface area contributed by atoms with Gasteiger partial charge in [-0.25, -0.2) is 0 Å². The third-order valence-electron chi connectivity index (χ3n) is 7.49. The molecule has 0 spiro atoms. The largest absolute Gasteiger partial charge is 0.416 e. The second-order valence-electron chi connectivity index (χ2n) is 10.0.